The first kappa shape index (κ1) is 28.6. The number of aliphatic imine (C=N–C) groups is 2. The van der Waals surface area contributed by atoms with E-state index >= 15 is 4.39 Å². The van der Waals surface area contributed by atoms with E-state index in [0.29, 0.717) is 36.0 Å². The lowest BCUT2D eigenvalue weighted by molar-refractivity contribution is -0.134. The molecule has 210 valence electrons. The van der Waals surface area contributed by atoms with Crippen molar-refractivity contribution < 1.29 is 31.6 Å². The van der Waals surface area contributed by atoms with E-state index in [4.69, 9.17) is 34.5 Å². The molecule has 0 fully saturated rings. The van der Waals surface area contributed by atoms with Crippen molar-refractivity contribution in [2.45, 2.75) is 18.9 Å². The Bertz CT molecular complexity index is 1590. The minimum absolute atomic E-state index is 0.153. The largest absolute Gasteiger partial charge is 0.494 e. The first-order chi connectivity index (χ1) is 19.0. The van der Waals surface area contributed by atoms with Crippen molar-refractivity contribution in [2.24, 2.45) is 15.7 Å². The highest BCUT2D eigenvalue weighted by atomic mass is 32.2. The van der Waals surface area contributed by atoms with Gasteiger partial charge in [-0.15, -0.1) is 0 Å². The fourth-order valence-electron chi connectivity index (χ4n) is 4.70. The number of ether oxygens (including phenoxy) is 1. The summed E-state index contributed by atoms with van der Waals surface area (Å²) in [5, 5.41) is 7.42. The highest BCUT2D eigenvalue weighted by molar-refractivity contribution is 7.86. The van der Waals surface area contributed by atoms with Gasteiger partial charge in [0.2, 0.25) is 0 Å². The number of carboxylic acid groups (broad SMARTS) is 1. The third-order valence-electron chi connectivity index (χ3n) is 6.23. The predicted molar refractivity (Wildman–Crippen MR) is 150 cm³/mol. The fraction of sp³-hybridized carbons (Fsp3) is 0.250. The Kier molecular flexibility index (Phi) is 8.10. The van der Waals surface area contributed by atoms with Crippen molar-refractivity contribution in [3.63, 3.8) is 0 Å². The number of halogens is 1. The van der Waals surface area contributed by atoms with Crippen LogP contribution in [-0.4, -0.2) is 62.6 Å². The molecule has 3 N–H and O–H groups in total. The van der Waals surface area contributed by atoms with Gasteiger partial charge in [0.05, 0.1) is 13.4 Å². The zero-order chi connectivity index (χ0) is 29.1. The van der Waals surface area contributed by atoms with E-state index in [1.165, 1.54) is 7.11 Å². The molecule has 10 nitrogen and oxygen atoms in total. The molecule has 0 bridgehead atoms. The average molecular weight is 569 g/mol. The second-order valence-corrected chi connectivity index (χ2v) is 10.7. The smallest absolute Gasteiger partial charge is 0.306 e. The normalized spacial score (nSPS) is 18.1. The Labute approximate surface area is 231 Å². The Morgan fingerprint density at radius 1 is 1.10 bits per heavy atom. The lowest BCUT2D eigenvalue weighted by atomic mass is 9.81. The number of nitrogens with zero attached hydrogens (tertiary/aromatic N) is 3. The second kappa shape index (κ2) is 11.3. The quantitative estimate of drug-likeness (QED) is 0.429. The summed E-state index contributed by atoms with van der Waals surface area (Å²) in [6, 6.07) is 19.1. The van der Waals surface area contributed by atoms with Crippen LogP contribution >= 0.6 is 0 Å². The Morgan fingerprint density at radius 3 is 2.42 bits per heavy atom. The number of nitrogens with two attached hydrogens (primary N) is 1. The van der Waals surface area contributed by atoms with Crippen molar-refractivity contribution in [2.75, 3.05) is 26.5 Å². The summed E-state index contributed by atoms with van der Waals surface area (Å²) in [7, 11) is -2.25. The maximum Gasteiger partial charge on any atom is 0.306 e. The molecule has 1 atom stereocenters. The molecule has 0 aliphatic carbocycles. The Balaban J connectivity index is 0.000000867. The number of amidine groups is 1. The molecule has 3 aromatic rings. The van der Waals surface area contributed by atoms with E-state index in [9.17, 15) is 8.42 Å². The lowest BCUT2D eigenvalue weighted by Crippen LogP contribution is -2.46. The van der Waals surface area contributed by atoms with Gasteiger partial charge in [0.15, 0.2) is 23.1 Å². The maximum atomic E-state index is 15.1. The summed E-state index contributed by atoms with van der Waals surface area (Å²) in [6.07, 6.45) is 1.83. The van der Waals surface area contributed by atoms with Crippen LogP contribution in [-0.2, 0) is 20.5 Å². The van der Waals surface area contributed by atoms with Gasteiger partial charge in [-0.2, -0.15) is 8.42 Å². The van der Waals surface area contributed by atoms with Crippen LogP contribution in [0.1, 0.15) is 24.5 Å². The van der Waals surface area contributed by atoms with Gasteiger partial charge in [0, 0.05) is 25.6 Å². The van der Waals surface area contributed by atoms with E-state index in [-0.39, 0.29) is 11.5 Å². The molecule has 0 saturated carbocycles. The number of aliphatic carboxylic acids is 1. The van der Waals surface area contributed by atoms with E-state index in [0.717, 1.165) is 30.7 Å². The maximum absolute atomic E-state index is 15.1. The molecule has 0 amide bonds. The zero-order valence-corrected chi connectivity index (χ0v) is 23.0. The van der Waals surface area contributed by atoms with E-state index in [1.807, 2.05) is 29.2 Å². The summed E-state index contributed by atoms with van der Waals surface area (Å²) >= 11 is 0. The van der Waals surface area contributed by atoms with Crippen molar-refractivity contribution in [1.29, 1.82) is 0 Å². The highest BCUT2D eigenvalue weighted by Gasteiger charge is 2.49. The molecule has 2 heterocycles. The molecule has 0 saturated heterocycles. The van der Waals surface area contributed by atoms with Crippen molar-refractivity contribution in [3.8, 4) is 22.6 Å². The summed E-state index contributed by atoms with van der Waals surface area (Å²) in [5.41, 5.74) is 7.77. The van der Waals surface area contributed by atoms with Gasteiger partial charge in [0.1, 0.15) is 11.6 Å². The van der Waals surface area contributed by atoms with Crippen LogP contribution in [0, 0.1) is 5.82 Å². The molecule has 40 heavy (non-hydrogen) atoms. The van der Waals surface area contributed by atoms with Gasteiger partial charge in [-0.25, -0.2) is 9.38 Å². The molecule has 0 spiro atoms. The SMILES string of the molecule is CC(=O)O.COc1cccc(-c2cccc(C3(c4ccc(OS(C)(=O)=O)cc4)N=C(N)N4CCCN=C43)c2)c1F. The van der Waals surface area contributed by atoms with Crippen molar-refractivity contribution in [1.82, 2.24) is 4.90 Å². The number of carboxylic acids is 1. The first-order valence-electron chi connectivity index (χ1n) is 12.3. The average Bonchev–Trinajstić information content (AvgIpc) is 3.21. The van der Waals surface area contributed by atoms with Crippen molar-refractivity contribution >= 4 is 27.9 Å². The van der Waals surface area contributed by atoms with Gasteiger partial charge in [-0.3, -0.25) is 14.7 Å². The lowest BCUT2D eigenvalue weighted by Gasteiger charge is -2.33. The number of fused-ring (bicyclic) bond motifs is 1. The molecule has 0 aromatic heterocycles. The molecule has 5 rings (SSSR count). The third kappa shape index (κ3) is 5.76. The van der Waals surface area contributed by atoms with E-state index in [2.05, 4.69) is 0 Å². The first-order valence-corrected chi connectivity index (χ1v) is 14.1. The third-order valence-corrected chi connectivity index (χ3v) is 6.73. The molecular formula is C28H29FN4O6S. The summed E-state index contributed by atoms with van der Waals surface area (Å²) in [5.74, 6) is 0.0507. The zero-order valence-electron chi connectivity index (χ0n) is 22.2. The number of rotatable bonds is 6. The van der Waals surface area contributed by atoms with Crippen LogP contribution in [0.2, 0.25) is 0 Å². The number of benzene rings is 3. The van der Waals surface area contributed by atoms with Crippen LogP contribution in [0.25, 0.3) is 11.1 Å². The molecular weight excluding hydrogens is 539 g/mol. The minimum atomic E-state index is -3.68. The predicted octanol–water partition coefficient (Wildman–Crippen LogP) is 3.61. The molecule has 12 heteroatoms. The van der Waals surface area contributed by atoms with Gasteiger partial charge in [0.25, 0.3) is 5.97 Å². The van der Waals surface area contributed by atoms with Crippen LogP contribution in [0.5, 0.6) is 11.5 Å². The molecule has 3 aromatic carbocycles. The Morgan fingerprint density at radius 2 is 1.77 bits per heavy atom. The fourth-order valence-corrected chi connectivity index (χ4v) is 5.16. The number of hydrogen-bond acceptors (Lipinski definition) is 9. The minimum Gasteiger partial charge on any atom is -0.494 e. The standard InChI is InChI=1S/C26H25FN4O4S.C2H4O2/c1-34-22-9-4-8-21(23(22)27)17-6-3-7-19(16-17)26(24-29-14-5-15-31(24)25(28)30-26)18-10-12-20(13-11-18)35-36(2,32)33;1-2(3)4/h3-4,6-13,16H,5,14-15H2,1-2H3,(H2,28,30);1H3,(H,3,4). The molecule has 1 unspecified atom stereocenters. The molecule has 2 aliphatic heterocycles. The molecule has 2 aliphatic rings. The Hall–Kier alpha value is -4.45. The van der Waals surface area contributed by atoms with E-state index < -0.39 is 27.4 Å². The molecule has 0 radical (unpaired) electrons. The number of methoxy groups -OCH3 is 1. The van der Waals surface area contributed by atoms with Gasteiger partial charge >= 0.3 is 10.1 Å². The topological polar surface area (TPSA) is 144 Å². The van der Waals surface area contributed by atoms with Gasteiger partial charge < -0.3 is 19.8 Å². The van der Waals surface area contributed by atoms with Crippen LogP contribution < -0.4 is 14.7 Å². The van der Waals surface area contributed by atoms with Crippen LogP contribution in [0.4, 0.5) is 4.39 Å². The highest BCUT2D eigenvalue weighted by Crippen LogP contribution is 2.43. The van der Waals surface area contributed by atoms with Crippen LogP contribution in [0.15, 0.2) is 76.7 Å². The number of hydrogen-bond donors (Lipinski definition) is 2. The second-order valence-electron chi connectivity index (χ2n) is 9.12. The monoisotopic (exact) mass is 568 g/mol. The number of guanidine groups is 1. The van der Waals surface area contributed by atoms with Gasteiger partial charge in [-0.05, 0) is 47.4 Å². The van der Waals surface area contributed by atoms with Gasteiger partial charge in [-0.1, -0.05) is 42.5 Å². The number of carbonyl (C=O) groups is 1. The van der Waals surface area contributed by atoms with E-state index in [1.54, 1.807) is 42.5 Å². The summed E-state index contributed by atoms with van der Waals surface area (Å²) in [6.45, 7) is 2.38. The van der Waals surface area contributed by atoms with Crippen LogP contribution in [0.3, 0.4) is 0 Å². The summed E-state index contributed by atoms with van der Waals surface area (Å²) < 4.78 is 48.5. The summed E-state index contributed by atoms with van der Waals surface area (Å²) in [4.78, 5) is 20.6. The van der Waals surface area contributed by atoms with Crippen molar-refractivity contribution in [3.05, 3.63) is 83.7 Å².